The van der Waals surface area contributed by atoms with Crippen molar-refractivity contribution >= 4 is 89.0 Å². The van der Waals surface area contributed by atoms with Gasteiger partial charge in [-0.2, -0.15) is 9.45 Å². The molecule has 18 nitrogen and oxygen atoms in total. The van der Waals surface area contributed by atoms with Crippen LogP contribution in [0.5, 0.6) is 17.2 Å². The maximum Gasteiger partial charge on any atom is 0.419 e. The van der Waals surface area contributed by atoms with Gasteiger partial charge in [0.1, 0.15) is 34.4 Å². The van der Waals surface area contributed by atoms with Gasteiger partial charge in [0.05, 0.1) is 45.9 Å². The summed E-state index contributed by atoms with van der Waals surface area (Å²) in [5.41, 5.74) is 2.59. The molecule has 21 heteroatoms. The summed E-state index contributed by atoms with van der Waals surface area (Å²) in [6.45, 7) is 6.44. The van der Waals surface area contributed by atoms with Crippen molar-refractivity contribution in [3.8, 4) is 17.2 Å². The second kappa shape index (κ2) is 40.3. The number of phenols is 1. The fourth-order valence-corrected chi connectivity index (χ4v) is 13.1. The molecule has 0 aliphatic rings. The summed E-state index contributed by atoms with van der Waals surface area (Å²) in [5, 5.41) is 26.6. The lowest BCUT2D eigenvalue weighted by Crippen LogP contribution is -2.34. The first kappa shape index (κ1) is 74.2. The van der Waals surface area contributed by atoms with Crippen LogP contribution in [0.1, 0.15) is 204 Å². The molecule has 0 aromatic heterocycles. The molecule has 0 atom stereocenters. The van der Waals surface area contributed by atoms with E-state index in [9.17, 15) is 36.3 Å². The van der Waals surface area contributed by atoms with Crippen LogP contribution in [-0.4, -0.2) is 66.3 Å². The molecule has 0 fully saturated rings. The number of sulfonamides is 1. The standard InChI is InChI=1S/C71H96N6O12S3/c1-6-8-10-12-14-16-18-20-21-22-24-26-28-30-49-72-92(84,85)60-45-41-58(42-46-60)75-76-64-51-68(91(5,82)83)66(52-67(64)90-89-86-4)87-53-55-35-43-59(44-36-55)88-71(81)77(50-31-29-27-25-23-19-17-15-13-11-9-7-2)65-34-32-33-62-61(65)47-48-63(69(62)79)70(80)74-57-39-37-56(38-40-57)73-54(3)78/h32-48,51-52,72,79H,6-31,49-50,53H2,1-5H3,(H,73,78)(H,74,80). The number of azo groups is 1. The molecule has 0 saturated carbocycles. The molecule has 500 valence electrons. The second-order valence-corrected chi connectivity index (χ2v) is 27.9. The van der Waals surface area contributed by atoms with Gasteiger partial charge >= 0.3 is 6.09 Å². The Kier molecular flexibility index (Phi) is 32.5. The molecule has 0 unspecified atom stereocenters. The molecular weight excluding hydrogens is 1230 g/mol. The van der Waals surface area contributed by atoms with Gasteiger partial charge in [0, 0.05) is 48.4 Å². The minimum Gasteiger partial charge on any atom is -0.506 e. The van der Waals surface area contributed by atoms with E-state index < -0.39 is 31.9 Å². The van der Waals surface area contributed by atoms with Crippen LogP contribution in [-0.2, 0) is 40.5 Å². The number of hydrogen-bond acceptors (Lipinski definition) is 15. The van der Waals surface area contributed by atoms with E-state index in [4.69, 9.17) is 18.7 Å². The Morgan fingerprint density at radius 3 is 1.68 bits per heavy atom. The third-order valence-corrected chi connectivity index (χ3v) is 19.2. The maximum absolute atomic E-state index is 14.4. The summed E-state index contributed by atoms with van der Waals surface area (Å²) in [4.78, 5) is 46.0. The van der Waals surface area contributed by atoms with E-state index in [1.54, 1.807) is 77.7 Å². The first-order valence-electron chi connectivity index (χ1n) is 32.9. The number of phenolic OH excluding ortho intramolecular Hbond substituents is 1. The third kappa shape index (κ3) is 25.5. The molecule has 0 saturated heterocycles. The number of nitrogens with zero attached hydrogens (tertiary/aromatic N) is 3. The molecule has 0 bridgehead atoms. The lowest BCUT2D eigenvalue weighted by molar-refractivity contribution is -0.160. The molecule has 3 amide bonds. The number of ether oxygens (including phenoxy) is 2. The zero-order chi connectivity index (χ0) is 66.0. The van der Waals surface area contributed by atoms with Gasteiger partial charge in [0.25, 0.3) is 5.91 Å². The van der Waals surface area contributed by atoms with Gasteiger partial charge in [-0.3, -0.25) is 14.5 Å². The molecule has 0 heterocycles. The van der Waals surface area contributed by atoms with Crippen molar-refractivity contribution in [1.82, 2.24) is 4.72 Å². The van der Waals surface area contributed by atoms with E-state index in [-0.39, 0.29) is 50.8 Å². The monoisotopic (exact) mass is 1320 g/mol. The Balaban J connectivity index is 1.08. The molecule has 0 spiro atoms. The number of unbranched alkanes of at least 4 members (excludes halogenated alkanes) is 24. The average molecular weight is 1320 g/mol. The highest BCUT2D eigenvalue weighted by Gasteiger charge is 2.25. The zero-order valence-corrected chi connectivity index (χ0v) is 56.9. The van der Waals surface area contributed by atoms with Gasteiger partial charge in [0.15, 0.2) is 9.84 Å². The number of anilines is 3. The number of nitrogens with one attached hydrogen (secondary N) is 3. The maximum atomic E-state index is 14.4. The minimum atomic E-state index is -3.92. The van der Waals surface area contributed by atoms with Crippen molar-refractivity contribution in [2.75, 3.05) is 42.0 Å². The molecule has 92 heavy (non-hydrogen) atoms. The number of aromatic hydroxyl groups is 1. The summed E-state index contributed by atoms with van der Waals surface area (Å²) >= 11 is 0.760. The van der Waals surface area contributed by atoms with Crippen molar-refractivity contribution in [3.63, 3.8) is 0 Å². The Morgan fingerprint density at radius 1 is 0.598 bits per heavy atom. The van der Waals surface area contributed by atoms with Crippen molar-refractivity contribution in [2.24, 2.45) is 10.2 Å². The Morgan fingerprint density at radius 2 is 1.14 bits per heavy atom. The smallest absolute Gasteiger partial charge is 0.419 e. The quantitative estimate of drug-likeness (QED) is 0.00916. The molecule has 0 aliphatic carbocycles. The van der Waals surface area contributed by atoms with E-state index in [0.717, 1.165) is 69.7 Å². The van der Waals surface area contributed by atoms with E-state index in [1.807, 2.05) is 0 Å². The van der Waals surface area contributed by atoms with Gasteiger partial charge in [0.2, 0.25) is 15.9 Å². The average Bonchev–Trinajstić information content (AvgIpc) is 0.791. The van der Waals surface area contributed by atoms with Crippen LogP contribution < -0.4 is 29.7 Å². The molecular formula is C71H96N6O12S3. The van der Waals surface area contributed by atoms with Crippen molar-refractivity contribution in [3.05, 3.63) is 126 Å². The van der Waals surface area contributed by atoms with E-state index in [1.165, 1.54) is 166 Å². The van der Waals surface area contributed by atoms with Crippen LogP contribution in [0.3, 0.4) is 0 Å². The molecule has 4 N–H and O–H groups in total. The fourth-order valence-electron chi connectivity index (χ4n) is 10.7. The molecule has 6 aromatic carbocycles. The van der Waals surface area contributed by atoms with Crippen LogP contribution in [0.15, 0.2) is 140 Å². The number of benzene rings is 6. The molecule has 0 radical (unpaired) electrons. The zero-order valence-electron chi connectivity index (χ0n) is 54.5. The van der Waals surface area contributed by atoms with E-state index in [2.05, 4.69) is 39.4 Å². The van der Waals surface area contributed by atoms with Crippen molar-refractivity contribution in [1.29, 1.82) is 0 Å². The number of hydrogen-bond donors (Lipinski definition) is 4. The highest BCUT2D eigenvalue weighted by Crippen LogP contribution is 2.41. The predicted molar refractivity (Wildman–Crippen MR) is 369 cm³/mol. The van der Waals surface area contributed by atoms with Crippen LogP contribution in [0.2, 0.25) is 0 Å². The van der Waals surface area contributed by atoms with Gasteiger partial charge in [-0.15, -0.1) is 5.11 Å². The number of amides is 3. The van der Waals surface area contributed by atoms with Gasteiger partial charge < -0.3 is 25.2 Å². The summed E-state index contributed by atoms with van der Waals surface area (Å²) < 4.78 is 73.0. The summed E-state index contributed by atoms with van der Waals surface area (Å²) in [6, 6.07) is 30.3. The number of carbonyl (C=O) groups excluding carboxylic acids is 3. The summed E-state index contributed by atoms with van der Waals surface area (Å²) in [7, 11) is -6.36. The normalized spacial score (nSPS) is 11.8. The van der Waals surface area contributed by atoms with Crippen LogP contribution in [0, 0.1) is 0 Å². The lowest BCUT2D eigenvalue weighted by Gasteiger charge is -2.24. The minimum absolute atomic E-state index is 0.00264. The first-order chi connectivity index (χ1) is 44.5. The first-order valence-corrected chi connectivity index (χ1v) is 37.0. The van der Waals surface area contributed by atoms with Crippen LogP contribution in [0.25, 0.3) is 10.8 Å². The van der Waals surface area contributed by atoms with Gasteiger partial charge in [-0.25, -0.2) is 31.2 Å². The summed E-state index contributed by atoms with van der Waals surface area (Å²) in [6.07, 6.45) is 31.1. The van der Waals surface area contributed by atoms with Crippen molar-refractivity contribution in [2.45, 2.75) is 209 Å². The predicted octanol–water partition coefficient (Wildman–Crippen LogP) is 19.2. The number of rotatable bonds is 44. The topological polar surface area (TPSA) is 241 Å². The van der Waals surface area contributed by atoms with E-state index >= 15 is 0 Å². The van der Waals surface area contributed by atoms with Crippen LogP contribution in [0.4, 0.5) is 33.2 Å². The molecule has 6 aromatic rings. The number of carbonyl (C=O) groups is 3. The number of fused-ring (bicyclic) bond motifs is 1. The number of sulfone groups is 1. The Labute approximate surface area is 550 Å². The van der Waals surface area contributed by atoms with Gasteiger partial charge in [-0.05, 0) is 103 Å². The SMILES string of the molecule is CCCCCCCCCCCCCCCCNS(=O)(=O)c1ccc(N=Nc2cc(S(C)(=O)=O)c(OCc3ccc(OC(=O)N(CCCCCCCCCCCCCC)c4cccc5c(O)c(C(=O)Nc6ccc(NC(C)=O)cc6)ccc45)cc3)cc2SOOC)cc1. The van der Waals surface area contributed by atoms with Crippen molar-refractivity contribution < 1.29 is 55.0 Å². The third-order valence-electron chi connectivity index (χ3n) is 15.8. The molecule has 0 aliphatic heterocycles. The Bertz CT molecular complexity index is 3500. The second-order valence-electron chi connectivity index (χ2n) is 23.4. The van der Waals surface area contributed by atoms with Crippen LogP contribution >= 0.6 is 12.0 Å². The fraction of sp³-hybridized carbons (Fsp3) is 0.479. The largest absolute Gasteiger partial charge is 0.506 e. The van der Waals surface area contributed by atoms with Gasteiger partial charge in [-0.1, -0.05) is 198 Å². The highest BCUT2D eigenvalue weighted by molar-refractivity contribution is 7.94. The van der Waals surface area contributed by atoms with E-state index in [0.29, 0.717) is 63.5 Å². The Hall–Kier alpha value is -6.88. The summed E-state index contributed by atoms with van der Waals surface area (Å²) in [5.74, 6) is -0.804. The highest BCUT2D eigenvalue weighted by atomic mass is 32.2. The molecule has 6 rings (SSSR count). The lowest BCUT2D eigenvalue weighted by atomic mass is 10.0.